The van der Waals surface area contributed by atoms with Crippen molar-refractivity contribution in [3.05, 3.63) is 0 Å². The molecule has 0 aromatic carbocycles. The molecule has 6 heteroatoms. The van der Waals surface area contributed by atoms with Gasteiger partial charge in [-0.25, -0.2) is 4.79 Å². The Labute approximate surface area is 144 Å². The van der Waals surface area contributed by atoms with Crippen LogP contribution in [0.15, 0.2) is 0 Å². The molecule has 3 rings (SSSR count). The van der Waals surface area contributed by atoms with E-state index in [9.17, 15) is 9.59 Å². The second-order valence-corrected chi connectivity index (χ2v) is 8.96. The molecule has 1 aliphatic carbocycles. The van der Waals surface area contributed by atoms with Gasteiger partial charge in [0.15, 0.2) is 0 Å². The first-order valence-electron chi connectivity index (χ1n) is 8.89. The maximum Gasteiger partial charge on any atom is 0.410 e. The van der Waals surface area contributed by atoms with Crippen LogP contribution in [0.2, 0.25) is 0 Å². The summed E-state index contributed by atoms with van der Waals surface area (Å²) in [5.41, 5.74) is 4.81. The fourth-order valence-electron chi connectivity index (χ4n) is 5.18. The van der Waals surface area contributed by atoms with Gasteiger partial charge in [-0.2, -0.15) is 0 Å². The first-order chi connectivity index (χ1) is 11.1. The van der Waals surface area contributed by atoms with E-state index in [1.807, 2.05) is 25.7 Å². The van der Waals surface area contributed by atoms with Crippen molar-refractivity contribution in [3.8, 4) is 0 Å². The number of amides is 1. The second-order valence-electron chi connectivity index (χ2n) is 8.96. The third-order valence-electron chi connectivity index (χ3n) is 6.34. The summed E-state index contributed by atoms with van der Waals surface area (Å²) in [6, 6.07) is 0.253. The Balaban J connectivity index is 1.81. The number of ether oxygens (including phenoxy) is 2. The Morgan fingerprint density at radius 3 is 2.46 bits per heavy atom. The molecular formula is C18H30N2O4. The van der Waals surface area contributed by atoms with Crippen LogP contribution in [0.25, 0.3) is 0 Å². The lowest BCUT2D eigenvalue weighted by atomic mass is 9.79. The minimum Gasteiger partial charge on any atom is -0.469 e. The van der Waals surface area contributed by atoms with E-state index >= 15 is 0 Å². The zero-order chi connectivity index (χ0) is 17.9. The average molecular weight is 338 g/mol. The number of hydrogen-bond acceptors (Lipinski definition) is 5. The fourth-order valence-corrected chi connectivity index (χ4v) is 5.18. The van der Waals surface area contributed by atoms with Crippen LogP contribution in [0.5, 0.6) is 0 Å². The van der Waals surface area contributed by atoms with Gasteiger partial charge in [0, 0.05) is 18.6 Å². The van der Waals surface area contributed by atoms with E-state index in [4.69, 9.17) is 15.2 Å². The van der Waals surface area contributed by atoms with E-state index in [0.29, 0.717) is 12.5 Å². The molecule has 1 amide bonds. The van der Waals surface area contributed by atoms with E-state index in [1.165, 1.54) is 7.11 Å². The highest BCUT2D eigenvalue weighted by Crippen LogP contribution is 2.72. The van der Waals surface area contributed by atoms with Crippen LogP contribution in [0, 0.1) is 16.7 Å². The summed E-state index contributed by atoms with van der Waals surface area (Å²) < 4.78 is 10.6. The van der Waals surface area contributed by atoms with Crippen molar-refractivity contribution in [1.29, 1.82) is 0 Å². The molecule has 0 aromatic heterocycles. The van der Waals surface area contributed by atoms with Gasteiger partial charge in [-0.15, -0.1) is 0 Å². The lowest BCUT2D eigenvalue weighted by Gasteiger charge is -2.42. The van der Waals surface area contributed by atoms with Crippen molar-refractivity contribution in [2.24, 2.45) is 22.5 Å². The number of nitrogens with zero attached hydrogens (tertiary/aromatic N) is 1. The van der Waals surface area contributed by atoms with Gasteiger partial charge in [0.1, 0.15) is 5.60 Å². The molecule has 24 heavy (non-hydrogen) atoms. The van der Waals surface area contributed by atoms with Gasteiger partial charge in [0.2, 0.25) is 0 Å². The van der Waals surface area contributed by atoms with Gasteiger partial charge in [0.25, 0.3) is 0 Å². The smallest absolute Gasteiger partial charge is 0.410 e. The predicted octanol–water partition coefficient (Wildman–Crippen LogP) is 2.30. The number of methoxy groups -OCH3 is 1. The largest absolute Gasteiger partial charge is 0.469 e. The summed E-state index contributed by atoms with van der Waals surface area (Å²) in [6.45, 7) is 8.17. The first kappa shape index (κ1) is 17.5. The number of hydrogen-bond donors (Lipinski definition) is 1. The molecule has 1 saturated carbocycles. The molecule has 3 fully saturated rings. The Morgan fingerprint density at radius 2 is 1.96 bits per heavy atom. The maximum atomic E-state index is 12.7. The highest BCUT2D eigenvalue weighted by molar-refractivity contribution is 5.82. The SMILES string of the molecule is COC(=O)[C@]1(CN)C[C@]12C[C@H]1C[C@@H](C)[C@@H](C2)N1C(=O)OC(C)(C)C. The second kappa shape index (κ2) is 5.35. The summed E-state index contributed by atoms with van der Waals surface area (Å²) >= 11 is 0. The van der Waals surface area contributed by atoms with Crippen molar-refractivity contribution < 1.29 is 19.1 Å². The van der Waals surface area contributed by atoms with E-state index in [2.05, 4.69) is 6.92 Å². The van der Waals surface area contributed by atoms with Crippen molar-refractivity contribution in [3.63, 3.8) is 0 Å². The Hall–Kier alpha value is -1.30. The predicted molar refractivity (Wildman–Crippen MR) is 89.2 cm³/mol. The number of piperidine rings is 1. The van der Waals surface area contributed by atoms with Gasteiger partial charge in [-0.3, -0.25) is 4.79 Å². The van der Waals surface area contributed by atoms with Gasteiger partial charge < -0.3 is 20.1 Å². The Bertz CT molecular complexity index is 558. The number of fused-ring (bicyclic) bond motifs is 2. The van der Waals surface area contributed by atoms with Crippen LogP contribution in [-0.4, -0.2) is 48.3 Å². The maximum absolute atomic E-state index is 12.7. The van der Waals surface area contributed by atoms with Crippen LogP contribution >= 0.6 is 0 Å². The number of carbonyl (C=O) groups excluding carboxylic acids is 2. The topological polar surface area (TPSA) is 81.9 Å². The minimum atomic E-state index is -0.553. The molecule has 2 aliphatic heterocycles. The molecule has 1 spiro atoms. The highest BCUT2D eigenvalue weighted by atomic mass is 16.6. The standard InChI is InChI=1S/C18H30N2O4/c1-11-6-12-7-17(9-18(17,10-19)14(21)23-5)8-13(11)20(12)15(22)24-16(2,3)4/h11-13H,6-10,19H2,1-5H3/t11-,12-,13-,17-,18-/m1/s1. The zero-order valence-corrected chi connectivity index (χ0v) is 15.4. The number of nitrogens with two attached hydrogens (primary N) is 1. The molecule has 3 aliphatic rings. The molecule has 2 N–H and O–H groups in total. The molecule has 2 bridgehead atoms. The van der Waals surface area contributed by atoms with E-state index in [-0.39, 0.29) is 29.6 Å². The van der Waals surface area contributed by atoms with Crippen molar-refractivity contribution in [1.82, 2.24) is 4.90 Å². The summed E-state index contributed by atoms with van der Waals surface area (Å²) in [6.07, 6.45) is 3.16. The van der Waals surface area contributed by atoms with Crippen molar-refractivity contribution >= 4 is 12.1 Å². The molecule has 2 saturated heterocycles. The third-order valence-corrected chi connectivity index (χ3v) is 6.34. The Kier molecular flexibility index (Phi) is 3.90. The first-order valence-corrected chi connectivity index (χ1v) is 8.89. The summed E-state index contributed by atoms with van der Waals surface area (Å²) in [4.78, 5) is 26.9. The summed E-state index contributed by atoms with van der Waals surface area (Å²) in [7, 11) is 1.43. The van der Waals surface area contributed by atoms with Gasteiger partial charge in [-0.05, 0) is 57.8 Å². The lowest BCUT2D eigenvalue weighted by molar-refractivity contribution is -0.149. The van der Waals surface area contributed by atoms with Crippen LogP contribution in [0.4, 0.5) is 4.79 Å². The molecule has 5 atom stereocenters. The molecule has 2 heterocycles. The number of carbonyl (C=O) groups is 2. The molecule has 0 unspecified atom stereocenters. The van der Waals surface area contributed by atoms with Gasteiger partial charge in [0.05, 0.1) is 12.5 Å². The van der Waals surface area contributed by atoms with Gasteiger partial charge >= 0.3 is 12.1 Å². The van der Waals surface area contributed by atoms with E-state index < -0.39 is 11.0 Å². The normalized spacial score (nSPS) is 40.6. The molecule has 136 valence electrons. The lowest BCUT2D eigenvalue weighted by Crippen LogP contribution is -2.51. The third kappa shape index (κ3) is 2.41. The fraction of sp³-hybridized carbons (Fsp3) is 0.889. The molecule has 0 aromatic rings. The number of rotatable bonds is 2. The van der Waals surface area contributed by atoms with E-state index in [1.54, 1.807) is 0 Å². The quantitative estimate of drug-likeness (QED) is 0.781. The minimum absolute atomic E-state index is 0.104. The van der Waals surface area contributed by atoms with Gasteiger partial charge in [-0.1, -0.05) is 6.92 Å². The average Bonchev–Trinajstić information content (AvgIpc) is 3.04. The van der Waals surface area contributed by atoms with Crippen molar-refractivity contribution in [2.75, 3.05) is 13.7 Å². The molecular weight excluding hydrogens is 308 g/mol. The van der Waals surface area contributed by atoms with Crippen LogP contribution in [-0.2, 0) is 14.3 Å². The summed E-state index contributed by atoms with van der Waals surface area (Å²) in [5.74, 6) is 0.221. The Morgan fingerprint density at radius 1 is 1.29 bits per heavy atom. The van der Waals surface area contributed by atoms with E-state index in [0.717, 1.165) is 25.7 Å². The summed E-state index contributed by atoms with van der Waals surface area (Å²) in [5, 5.41) is 0. The zero-order valence-electron chi connectivity index (χ0n) is 15.4. The van der Waals surface area contributed by atoms with Crippen LogP contribution < -0.4 is 5.73 Å². The monoisotopic (exact) mass is 338 g/mol. The van der Waals surface area contributed by atoms with Crippen molar-refractivity contribution in [2.45, 2.75) is 71.1 Å². The molecule has 0 radical (unpaired) electrons. The number of esters is 1. The highest BCUT2D eigenvalue weighted by Gasteiger charge is 2.75. The molecule has 6 nitrogen and oxygen atoms in total. The van der Waals surface area contributed by atoms with Crippen LogP contribution in [0.3, 0.4) is 0 Å². The van der Waals surface area contributed by atoms with Crippen LogP contribution in [0.1, 0.15) is 53.4 Å².